The van der Waals surface area contributed by atoms with E-state index in [9.17, 15) is 4.79 Å². The number of oxazole rings is 1. The highest BCUT2D eigenvalue weighted by atomic mass is 16.5. The number of nitrogens with one attached hydrogen (secondary N) is 1. The summed E-state index contributed by atoms with van der Waals surface area (Å²) in [4.78, 5) is 25.0. The van der Waals surface area contributed by atoms with Gasteiger partial charge in [-0.25, -0.2) is 9.97 Å². The third kappa shape index (κ3) is 2.98. The van der Waals surface area contributed by atoms with Gasteiger partial charge in [0.05, 0.1) is 12.7 Å². The van der Waals surface area contributed by atoms with Crippen molar-refractivity contribution in [3.05, 3.63) is 66.7 Å². The molecule has 0 bridgehead atoms. The van der Waals surface area contributed by atoms with E-state index in [4.69, 9.17) is 9.15 Å². The molecule has 3 aromatic heterocycles. The number of fused-ring (bicyclic) bond motifs is 1. The SMILES string of the molecule is COc1cccnc1C(=O)Nc1ccc2oc(-c3cccnc3)nc2c1. The topological polar surface area (TPSA) is 90.1 Å². The molecule has 0 saturated heterocycles. The van der Waals surface area contributed by atoms with Crippen molar-refractivity contribution in [3.63, 3.8) is 0 Å². The highest BCUT2D eigenvalue weighted by Gasteiger charge is 2.15. The Bertz CT molecular complexity index is 1080. The largest absolute Gasteiger partial charge is 0.494 e. The fourth-order valence-corrected chi connectivity index (χ4v) is 2.53. The van der Waals surface area contributed by atoms with Gasteiger partial charge in [0.25, 0.3) is 5.91 Å². The second kappa shape index (κ2) is 6.64. The van der Waals surface area contributed by atoms with Crippen LogP contribution in [0.4, 0.5) is 5.69 Å². The van der Waals surface area contributed by atoms with E-state index in [1.54, 1.807) is 48.9 Å². The number of amides is 1. The Kier molecular flexibility index (Phi) is 4.03. The number of methoxy groups -OCH3 is 1. The van der Waals surface area contributed by atoms with Crippen molar-refractivity contribution in [3.8, 4) is 17.2 Å². The summed E-state index contributed by atoms with van der Waals surface area (Å²) in [6.07, 6.45) is 4.91. The van der Waals surface area contributed by atoms with Crippen LogP contribution in [0.1, 0.15) is 10.5 Å². The van der Waals surface area contributed by atoms with Crippen LogP contribution in [0.15, 0.2) is 65.5 Å². The molecule has 4 rings (SSSR count). The van der Waals surface area contributed by atoms with E-state index in [2.05, 4.69) is 20.3 Å². The van der Waals surface area contributed by atoms with Crippen LogP contribution in [0.3, 0.4) is 0 Å². The molecule has 0 fully saturated rings. The smallest absolute Gasteiger partial charge is 0.278 e. The van der Waals surface area contributed by atoms with Crippen LogP contribution in [0.25, 0.3) is 22.6 Å². The number of hydrogen-bond donors (Lipinski definition) is 1. The van der Waals surface area contributed by atoms with Gasteiger partial charge in [0.2, 0.25) is 5.89 Å². The van der Waals surface area contributed by atoms with E-state index in [1.165, 1.54) is 7.11 Å². The standard InChI is InChI=1S/C19H14N4O3/c1-25-16-5-3-9-21-17(16)18(24)22-13-6-7-15-14(10-13)23-19(26-15)12-4-2-8-20-11-12/h2-11H,1H3,(H,22,24). The zero-order valence-electron chi connectivity index (χ0n) is 13.8. The molecule has 0 spiro atoms. The van der Waals surface area contributed by atoms with Gasteiger partial charge >= 0.3 is 0 Å². The predicted molar refractivity (Wildman–Crippen MR) is 96.0 cm³/mol. The van der Waals surface area contributed by atoms with Crippen molar-refractivity contribution >= 4 is 22.7 Å². The molecule has 7 nitrogen and oxygen atoms in total. The second-order valence-corrected chi connectivity index (χ2v) is 5.45. The molecule has 0 unspecified atom stereocenters. The van der Waals surface area contributed by atoms with Gasteiger partial charge in [0, 0.05) is 24.3 Å². The van der Waals surface area contributed by atoms with Crippen molar-refractivity contribution in [1.82, 2.24) is 15.0 Å². The summed E-state index contributed by atoms with van der Waals surface area (Å²) >= 11 is 0. The molecular weight excluding hydrogens is 332 g/mol. The molecule has 0 aliphatic carbocycles. The molecule has 0 atom stereocenters. The summed E-state index contributed by atoms with van der Waals surface area (Å²) in [5.41, 5.74) is 2.84. The predicted octanol–water partition coefficient (Wildman–Crippen LogP) is 3.55. The van der Waals surface area contributed by atoms with E-state index in [0.29, 0.717) is 28.4 Å². The highest BCUT2D eigenvalue weighted by Crippen LogP contribution is 2.26. The Morgan fingerprint density at radius 3 is 2.85 bits per heavy atom. The quantitative estimate of drug-likeness (QED) is 0.608. The van der Waals surface area contributed by atoms with Crippen LogP contribution in [0.2, 0.25) is 0 Å². The average molecular weight is 346 g/mol. The number of anilines is 1. The summed E-state index contributed by atoms with van der Waals surface area (Å²) in [5, 5.41) is 2.80. The fourth-order valence-electron chi connectivity index (χ4n) is 2.53. The number of carbonyl (C=O) groups is 1. The molecule has 1 amide bonds. The highest BCUT2D eigenvalue weighted by molar-refractivity contribution is 6.05. The zero-order chi connectivity index (χ0) is 17.9. The number of carbonyl (C=O) groups excluding carboxylic acids is 1. The van der Waals surface area contributed by atoms with Gasteiger partial charge in [-0.2, -0.15) is 0 Å². The van der Waals surface area contributed by atoms with E-state index in [1.807, 2.05) is 12.1 Å². The van der Waals surface area contributed by atoms with E-state index < -0.39 is 0 Å². The summed E-state index contributed by atoms with van der Waals surface area (Å²) in [7, 11) is 1.50. The van der Waals surface area contributed by atoms with Gasteiger partial charge in [0.1, 0.15) is 11.3 Å². The Morgan fingerprint density at radius 2 is 2.04 bits per heavy atom. The first-order chi connectivity index (χ1) is 12.7. The van der Waals surface area contributed by atoms with Crippen molar-refractivity contribution in [2.45, 2.75) is 0 Å². The van der Waals surface area contributed by atoms with Crippen LogP contribution in [-0.2, 0) is 0 Å². The van der Waals surface area contributed by atoms with E-state index in [-0.39, 0.29) is 11.6 Å². The summed E-state index contributed by atoms with van der Waals surface area (Å²) < 4.78 is 10.9. The minimum absolute atomic E-state index is 0.214. The Hall–Kier alpha value is -3.74. The van der Waals surface area contributed by atoms with Gasteiger partial charge in [-0.1, -0.05) is 0 Å². The van der Waals surface area contributed by atoms with Crippen LogP contribution in [0, 0.1) is 0 Å². The molecule has 3 heterocycles. The lowest BCUT2D eigenvalue weighted by Crippen LogP contribution is -2.14. The number of ether oxygens (including phenoxy) is 1. The lowest BCUT2D eigenvalue weighted by atomic mass is 10.2. The van der Waals surface area contributed by atoms with Gasteiger partial charge in [-0.3, -0.25) is 9.78 Å². The molecule has 7 heteroatoms. The maximum absolute atomic E-state index is 12.5. The third-order valence-corrected chi connectivity index (χ3v) is 3.76. The van der Waals surface area contributed by atoms with Crippen molar-refractivity contribution < 1.29 is 13.9 Å². The number of nitrogens with zero attached hydrogens (tertiary/aromatic N) is 3. The Labute approximate surface area is 148 Å². The van der Waals surface area contributed by atoms with Crippen LogP contribution in [-0.4, -0.2) is 28.0 Å². The van der Waals surface area contributed by atoms with Gasteiger partial charge in [-0.05, 0) is 42.5 Å². The lowest BCUT2D eigenvalue weighted by molar-refractivity contribution is 0.101. The van der Waals surface area contributed by atoms with Gasteiger partial charge < -0.3 is 14.5 Å². The van der Waals surface area contributed by atoms with Crippen LogP contribution < -0.4 is 10.1 Å². The number of rotatable bonds is 4. The van der Waals surface area contributed by atoms with Gasteiger partial charge in [-0.15, -0.1) is 0 Å². The minimum Gasteiger partial charge on any atom is -0.494 e. The van der Waals surface area contributed by atoms with Gasteiger partial charge in [0.15, 0.2) is 11.3 Å². The molecule has 1 N–H and O–H groups in total. The van der Waals surface area contributed by atoms with E-state index in [0.717, 1.165) is 5.56 Å². The molecule has 0 saturated carbocycles. The maximum atomic E-state index is 12.5. The molecule has 0 aliphatic heterocycles. The lowest BCUT2D eigenvalue weighted by Gasteiger charge is -2.07. The molecule has 26 heavy (non-hydrogen) atoms. The molecule has 0 aliphatic rings. The number of benzene rings is 1. The summed E-state index contributed by atoms with van der Waals surface area (Å²) in [6, 6.07) is 12.3. The van der Waals surface area contributed by atoms with Crippen molar-refractivity contribution in [2.24, 2.45) is 0 Å². The molecular formula is C19H14N4O3. The minimum atomic E-state index is -0.363. The summed E-state index contributed by atoms with van der Waals surface area (Å²) in [6.45, 7) is 0. The van der Waals surface area contributed by atoms with Crippen molar-refractivity contribution in [2.75, 3.05) is 12.4 Å². The summed E-state index contributed by atoms with van der Waals surface area (Å²) in [5.74, 6) is 0.520. The molecule has 0 radical (unpaired) electrons. The first-order valence-electron chi connectivity index (χ1n) is 7.86. The first-order valence-corrected chi connectivity index (χ1v) is 7.86. The van der Waals surface area contributed by atoms with Crippen LogP contribution >= 0.6 is 0 Å². The number of pyridine rings is 2. The average Bonchev–Trinajstić information content (AvgIpc) is 3.12. The molecule has 128 valence electrons. The van der Waals surface area contributed by atoms with E-state index >= 15 is 0 Å². The van der Waals surface area contributed by atoms with Crippen molar-refractivity contribution in [1.29, 1.82) is 0 Å². The molecule has 1 aromatic carbocycles. The fraction of sp³-hybridized carbons (Fsp3) is 0.0526. The zero-order valence-corrected chi connectivity index (χ0v) is 13.8. The molecule has 4 aromatic rings. The number of aromatic nitrogens is 3. The monoisotopic (exact) mass is 346 g/mol. The third-order valence-electron chi connectivity index (χ3n) is 3.76. The Morgan fingerprint density at radius 1 is 1.15 bits per heavy atom. The normalized spacial score (nSPS) is 10.7. The Balaban J connectivity index is 1.62. The first kappa shape index (κ1) is 15.8. The van der Waals surface area contributed by atoms with Crippen LogP contribution in [0.5, 0.6) is 5.75 Å². The maximum Gasteiger partial charge on any atom is 0.278 e. The number of hydrogen-bond acceptors (Lipinski definition) is 6. The second-order valence-electron chi connectivity index (χ2n) is 5.45.